The molecule has 0 aromatic carbocycles. The van der Waals surface area contributed by atoms with Crippen molar-refractivity contribution in [2.75, 3.05) is 25.1 Å². The topological polar surface area (TPSA) is 68.1 Å². The lowest BCUT2D eigenvalue weighted by molar-refractivity contribution is 0.302. The SMILES string of the molecule is CCSc1nnc([C@@H]2CCCN(S(C)(=O)=O)C2)n1C(C)C. The lowest BCUT2D eigenvalue weighted by atomic mass is 9.98. The smallest absolute Gasteiger partial charge is 0.211 e. The highest BCUT2D eigenvalue weighted by molar-refractivity contribution is 7.99. The molecule has 0 spiro atoms. The average molecular weight is 332 g/mol. The summed E-state index contributed by atoms with van der Waals surface area (Å²) < 4.78 is 27.3. The maximum Gasteiger partial charge on any atom is 0.211 e. The number of nitrogens with zero attached hydrogens (tertiary/aromatic N) is 4. The number of thioether (sulfide) groups is 1. The summed E-state index contributed by atoms with van der Waals surface area (Å²) in [7, 11) is -3.13. The van der Waals surface area contributed by atoms with Gasteiger partial charge < -0.3 is 4.57 Å². The van der Waals surface area contributed by atoms with Crippen LogP contribution in [0.5, 0.6) is 0 Å². The first-order valence-corrected chi connectivity index (χ1v) is 10.2. The molecule has 1 saturated heterocycles. The fraction of sp³-hybridized carbons (Fsp3) is 0.846. The average Bonchev–Trinajstić information content (AvgIpc) is 2.82. The van der Waals surface area contributed by atoms with Crippen LogP contribution < -0.4 is 0 Å². The summed E-state index contributed by atoms with van der Waals surface area (Å²) in [5.74, 6) is 2.01. The zero-order valence-corrected chi connectivity index (χ0v) is 14.7. The van der Waals surface area contributed by atoms with E-state index < -0.39 is 10.0 Å². The molecule has 6 nitrogen and oxygen atoms in total. The van der Waals surface area contributed by atoms with Gasteiger partial charge >= 0.3 is 0 Å². The van der Waals surface area contributed by atoms with Gasteiger partial charge in [0.05, 0.1) is 6.26 Å². The van der Waals surface area contributed by atoms with Crippen LogP contribution in [0.3, 0.4) is 0 Å². The zero-order chi connectivity index (χ0) is 15.6. The molecule has 1 atom stereocenters. The Kier molecular flexibility index (Phi) is 5.32. The zero-order valence-electron chi connectivity index (χ0n) is 13.1. The Morgan fingerprint density at radius 1 is 1.38 bits per heavy atom. The molecule has 0 unspecified atom stereocenters. The summed E-state index contributed by atoms with van der Waals surface area (Å²) in [6.45, 7) is 7.45. The normalized spacial score (nSPS) is 21.1. The summed E-state index contributed by atoms with van der Waals surface area (Å²) in [5, 5.41) is 9.59. The molecule has 0 saturated carbocycles. The number of rotatable bonds is 5. The summed E-state index contributed by atoms with van der Waals surface area (Å²) in [4.78, 5) is 0. The van der Waals surface area contributed by atoms with E-state index in [0.717, 1.165) is 29.6 Å². The molecule has 0 bridgehead atoms. The van der Waals surface area contributed by atoms with E-state index in [1.54, 1.807) is 16.1 Å². The molecule has 1 aliphatic rings. The van der Waals surface area contributed by atoms with E-state index in [4.69, 9.17) is 0 Å². The van der Waals surface area contributed by atoms with E-state index in [2.05, 4.69) is 35.5 Å². The van der Waals surface area contributed by atoms with Crippen molar-refractivity contribution in [2.24, 2.45) is 0 Å². The second-order valence-electron chi connectivity index (χ2n) is 5.70. The van der Waals surface area contributed by atoms with Crippen molar-refractivity contribution in [3.05, 3.63) is 5.82 Å². The van der Waals surface area contributed by atoms with E-state index in [9.17, 15) is 8.42 Å². The minimum atomic E-state index is -3.13. The van der Waals surface area contributed by atoms with Crippen LogP contribution >= 0.6 is 11.8 Å². The molecular weight excluding hydrogens is 308 g/mol. The molecule has 0 amide bonds. The van der Waals surface area contributed by atoms with E-state index in [1.807, 2.05) is 0 Å². The van der Waals surface area contributed by atoms with Crippen LogP contribution in [0.4, 0.5) is 0 Å². The third kappa shape index (κ3) is 3.78. The highest BCUT2D eigenvalue weighted by atomic mass is 32.2. The molecule has 1 fully saturated rings. The Balaban J connectivity index is 2.29. The maximum atomic E-state index is 11.8. The fourth-order valence-corrected chi connectivity index (χ4v) is 4.45. The minimum absolute atomic E-state index is 0.134. The Bertz CT molecular complexity index is 583. The van der Waals surface area contributed by atoms with Crippen LogP contribution in [0.15, 0.2) is 5.16 Å². The van der Waals surface area contributed by atoms with Gasteiger partial charge in [0.15, 0.2) is 5.16 Å². The van der Waals surface area contributed by atoms with Gasteiger partial charge in [0.25, 0.3) is 0 Å². The molecule has 1 aliphatic heterocycles. The molecule has 2 heterocycles. The van der Waals surface area contributed by atoms with Gasteiger partial charge in [-0.25, -0.2) is 12.7 Å². The van der Waals surface area contributed by atoms with E-state index in [-0.39, 0.29) is 12.0 Å². The lowest BCUT2D eigenvalue weighted by Gasteiger charge is -2.31. The number of hydrogen-bond acceptors (Lipinski definition) is 5. The molecule has 0 N–H and O–H groups in total. The summed E-state index contributed by atoms with van der Waals surface area (Å²) in [6, 6.07) is 0.276. The Morgan fingerprint density at radius 2 is 2.10 bits per heavy atom. The molecule has 2 rings (SSSR count). The van der Waals surface area contributed by atoms with Crippen LogP contribution in [0.2, 0.25) is 0 Å². The molecule has 21 heavy (non-hydrogen) atoms. The summed E-state index contributed by atoms with van der Waals surface area (Å²) >= 11 is 1.68. The number of aromatic nitrogens is 3. The Morgan fingerprint density at radius 3 is 2.67 bits per heavy atom. The second kappa shape index (κ2) is 6.66. The molecule has 0 aliphatic carbocycles. The highest BCUT2D eigenvalue weighted by Gasteiger charge is 2.31. The molecular formula is C13H24N4O2S2. The molecule has 0 radical (unpaired) electrons. The largest absolute Gasteiger partial charge is 0.303 e. The lowest BCUT2D eigenvalue weighted by Crippen LogP contribution is -2.39. The van der Waals surface area contributed by atoms with Gasteiger partial charge in [-0.15, -0.1) is 10.2 Å². The third-order valence-corrected chi connectivity index (χ3v) is 5.79. The predicted octanol–water partition coefficient (Wildman–Crippen LogP) is 2.11. The molecule has 120 valence electrons. The number of piperidine rings is 1. The summed E-state index contributed by atoms with van der Waals surface area (Å²) in [6.07, 6.45) is 3.12. The second-order valence-corrected chi connectivity index (χ2v) is 8.91. The molecule has 1 aromatic heterocycles. The number of hydrogen-bond donors (Lipinski definition) is 0. The van der Waals surface area contributed by atoms with Gasteiger partial charge in [0.1, 0.15) is 5.82 Å². The Labute approximate surface area is 131 Å². The van der Waals surface area contributed by atoms with Crippen molar-refractivity contribution in [1.82, 2.24) is 19.1 Å². The molecule has 1 aromatic rings. The van der Waals surface area contributed by atoms with Crippen LogP contribution in [-0.4, -0.2) is 52.6 Å². The van der Waals surface area contributed by atoms with Gasteiger partial charge in [-0.3, -0.25) is 0 Å². The standard InChI is InChI=1S/C13H24N4O2S2/c1-5-20-13-15-14-12(17(13)10(2)3)11-7-6-8-16(9-11)21(4,18)19/h10-11H,5-9H2,1-4H3/t11-/m1/s1. The minimum Gasteiger partial charge on any atom is -0.303 e. The Hall–Kier alpha value is -0.600. The van der Waals surface area contributed by atoms with Gasteiger partial charge in [-0.2, -0.15) is 0 Å². The van der Waals surface area contributed by atoms with Crippen molar-refractivity contribution in [1.29, 1.82) is 0 Å². The third-order valence-electron chi connectivity index (χ3n) is 3.70. The van der Waals surface area contributed by atoms with Crippen molar-refractivity contribution < 1.29 is 8.42 Å². The predicted molar refractivity (Wildman–Crippen MR) is 85.2 cm³/mol. The van der Waals surface area contributed by atoms with Gasteiger partial charge in [0, 0.05) is 25.0 Å². The van der Waals surface area contributed by atoms with Gasteiger partial charge in [-0.05, 0) is 32.4 Å². The molecule has 8 heteroatoms. The number of sulfonamides is 1. The van der Waals surface area contributed by atoms with Gasteiger partial charge in [-0.1, -0.05) is 18.7 Å². The van der Waals surface area contributed by atoms with Crippen molar-refractivity contribution in [2.45, 2.75) is 50.7 Å². The fourth-order valence-electron chi connectivity index (χ4n) is 2.73. The van der Waals surface area contributed by atoms with Crippen LogP contribution in [0.1, 0.15) is 51.4 Å². The van der Waals surface area contributed by atoms with Crippen molar-refractivity contribution >= 4 is 21.8 Å². The van der Waals surface area contributed by atoms with Gasteiger partial charge in [0.2, 0.25) is 10.0 Å². The highest BCUT2D eigenvalue weighted by Crippen LogP contribution is 2.31. The quantitative estimate of drug-likeness (QED) is 0.773. The first-order chi connectivity index (χ1) is 9.84. The summed E-state index contributed by atoms with van der Waals surface area (Å²) in [5.41, 5.74) is 0. The van der Waals surface area contributed by atoms with E-state index in [0.29, 0.717) is 13.1 Å². The van der Waals surface area contributed by atoms with Crippen molar-refractivity contribution in [3.8, 4) is 0 Å². The van der Waals surface area contributed by atoms with Crippen LogP contribution in [0.25, 0.3) is 0 Å². The van der Waals surface area contributed by atoms with E-state index >= 15 is 0 Å². The first kappa shape index (κ1) is 16.8. The van der Waals surface area contributed by atoms with E-state index in [1.165, 1.54) is 6.26 Å². The first-order valence-electron chi connectivity index (χ1n) is 7.37. The van der Waals surface area contributed by atoms with Crippen LogP contribution in [0, 0.1) is 0 Å². The monoisotopic (exact) mass is 332 g/mol. The van der Waals surface area contributed by atoms with Crippen LogP contribution in [-0.2, 0) is 10.0 Å². The van der Waals surface area contributed by atoms with Crippen molar-refractivity contribution in [3.63, 3.8) is 0 Å². The maximum absolute atomic E-state index is 11.8.